The van der Waals surface area contributed by atoms with Crippen molar-refractivity contribution in [3.8, 4) is 0 Å². The van der Waals surface area contributed by atoms with Crippen molar-refractivity contribution in [3.63, 3.8) is 0 Å². The SMILES string of the molecule is CCC(C(=O)Cc1c(C)cccc1C)N1CCCCC1.CCC(C(=O)Cc1c(C)cccc1C)[N+]1(CC)CCCCC1.[I-]. The molecule has 240 valence electrons. The molecule has 0 radical (unpaired) electrons. The molecule has 2 saturated heterocycles. The van der Waals surface area contributed by atoms with Gasteiger partial charge in [0.05, 0.1) is 25.7 Å². The minimum Gasteiger partial charge on any atom is -1.00 e. The van der Waals surface area contributed by atoms with E-state index < -0.39 is 0 Å². The van der Waals surface area contributed by atoms with Gasteiger partial charge in [-0.15, -0.1) is 0 Å². The van der Waals surface area contributed by atoms with Crippen molar-refractivity contribution in [1.29, 1.82) is 0 Å². The molecule has 2 atom stereocenters. The van der Waals surface area contributed by atoms with E-state index in [-0.39, 0.29) is 36.1 Å². The van der Waals surface area contributed by atoms with Crippen LogP contribution in [0.5, 0.6) is 0 Å². The summed E-state index contributed by atoms with van der Waals surface area (Å²) in [7, 11) is 0. The van der Waals surface area contributed by atoms with E-state index >= 15 is 0 Å². The summed E-state index contributed by atoms with van der Waals surface area (Å²) in [4.78, 5) is 28.2. The molecule has 0 aromatic heterocycles. The monoisotopic (exact) mass is 702 g/mol. The highest BCUT2D eigenvalue weighted by molar-refractivity contribution is 5.87. The third-order valence-corrected chi connectivity index (χ3v) is 10.3. The van der Waals surface area contributed by atoms with Gasteiger partial charge in [-0.3, -0.25) is 14.5 Å². The van der Waals surface area contributed by atoms with E-state index in [1.54, 1.807) is 0 Å². The van der Waals surface area contributed by atoms with E-state index in [4.69, 9.17) is 0 Å². The number of likely N-dealkylation sites (tertiary alicyclic amines) is 2. The number of rotatable bonds is 11. The lowest BCUT2D eigenvalue weighted by molar-refractivity contribution is -0.945. The van der Waals surface area contributed by atoms with Crippen LogP contribution in [0.4, 0.5) is 0 Å². The largest absolute Gasteiger partial charge is 1.00 e. The molecule has 2 heterocycles. The average molecular weight is 703 g/mol. The number of hydrogen-bond acceptors (Lipinski definition) is 3. The Hall–Kier alpha value is -1.57. The van der Waals surface area contributed by atoms with Gasteiger partial charge < -0.3 is 28.5 Å². The van der Waals surface area contributed by atoms with E-state index in [1.165, 1.54) is 85.0 Å². The van der Waals surface area contributed by atoms with E-state index in [0.717, 1.165) is 37.0 Å². The van der Waals surface area contributed by atoms with Crippen LogP contribution in [-0.4, -0.2) is 65.8 Å². The Bertz CT molecular complexity index is 1120. The fraction of sp³-hybridized carbons (Fsp3) is 0.632. The van der Waals surface area contributed by atoms with Crippen molar-refractivity contribution in [2.75, 3.05) is 32.7 Å². The molecule has 5 heteroatoms. The third kappa shape index (κ3) is 9.96. The smallest absolute Gasteiger partial charge is 0.194 e. The molecule has 2 aromatic carbocycles. The van der Waals surface area contributed by atoms with Gasteiger partial charge in [0, 0.05) is 19.3 Å². The fourth-order valence-corrected chi connectivity index (χ4v) is 7.67. The van der Waals surface area contributed by atoms with Gasteiger partial charge >= 0.3 is 0 Å². The average Bonchev–Trinajstić information content (AvgIpc) is 2.99. The maximum Gasteiger partial charge on any atom is 0.194 e. The van der Waals surface area contributed by atoms with Crippen molar-refractivity contribution >= 4 is 11.6 Å². The highest BCUT2D eigenvalue weighted by atomic mass is 127. The van der Waals surface area contributed by atoms with Crippen LogP contribution in [0.1, 0.15) is 106 Å². The number of carbonyl (C=O) groups excluding carboxylic acids is 2. The van der Waals surface area contributed by atoms with Crippen molar-refractivity contribution in [1.82, 2.24) is 4.90 Å². The van der Waals surface area contributed by atoms with Crippen LogP contribution in [0.25, 0.3) is 0 Å². The summed E-state index contributed by atoms with van der Waals surface area (Å²) in [6.07, 6.45) is 10.8. The zero-order valence-electron chi connectivity index (χ0n) is 28.3. The number of ketones is 2. The van der Waals surface area contributed by atoms with Gasteiger partial charge in [0.25, 0.3) is 0 Å². The second kappa shape index (κ2) is 18.4. The number of piperidine rings is 2. The van der Waals surface area contributed by atoms with E-state index in [0.29, 0.717) is 24.4 Å². The molecule has 0 bridgehead atoms. The molecule has 2 aromatic rings. The number of aryl methyl sites for hydroxylation is 4. The number of carbonyl (C=O) groups is 2. The number of quaternary nitrogens is 1. The molecule has 2 aliphatic heterocycles. The number of likely N-dealkylation sites (N-methyl/N-ethyl adjacent to an activating group) is 1. The molecule has 4 nitrogen and oxygen atoms in total. The third-order valence-electron chi connectivity index (χ3n) is 10.3. The first-order valence-electron chi connectivity index (χ1n) is 16.9. The van der Waals surface area contributed by atoms with Crippen molar-refractivity contribution in [3.05, 3.63) is 69.8 Å². The quantitative estimate of drug-likeness (QED) is 0.247. The Kier molecular flexibility index (Phi) is 16.1. The summed E-state index contributed by atoms with van der Waals surface area (Å²) in [5.41, 5.74) is 7.47. The zero-order chi connectivity index (χ0) is 30.7. The lowest BCUT2D eigenvalue weighted by atomic mass is 9.91. The summed E-state index contributed by atoms with van der Waals surface area (Å²) in [6.45, 7) is 20.7. The lowest BCUT2D eigenvalue weighted by Gasteiger charge is -2.46. The first-order chi connectivity index (χ1) is 20.2. The van der Waals surface area contributed by atoms with Gasteiger partial charge in [-0.2, -0.15) is 0 Å². The minimum absolute atomic E-state index is 0. The number of halogens is 1. The predicted molar refractivity (Wildman–Crippen MR) is 177 cm³/mol. The lowest BCUT2D eigenvalue weighted by Crippen LogP contribution is -3.00. The number of Topliss-reactive ketones (excluding diaryl/α,β-unsaturated/α-hetero) is 2. The fourth-order valence-electron chi connectivity index (χ4n) is 7.67. The van der Waals surface area contributed by atoms with Gasteiger partial charge in [0.2, 0.25) is 0 Å². The summed E-state index contributed by atoms with van der Waals surface area (Å²) in [5, 5.41) is 0. The molecule has 0 spiro atoms. The van der Waals surface area contributed by atoms with Gasteiger partial charge in [-0.1, -0.05) is 56.7 Å². The molecule has 0 aliphatic carbocycles. The summed E-state index contributed by atoms with van der Waals surface area (Å²) in [6, 6.07) is 12.9. The molecule has 2 unspecified atom stereocenters. The summed E-state index contributed by atoms with van der Waals surface area (Å²) < 4.78 is 1.03. The Morgan fingerprint density at radius 2 is 1.12 bits per heavy atom. The van der Waals surface area contributed by atoms with Gasteiger partial charge in [-0.05, 0) is 120 Å². The van der Waals surface area contributed by atoms with Gasteiger partial charge in [0.1, 0.15) is 6.04 Å². The highest BCUT2D eigenvalue weighted by Crippen LogP contribution is 2.27. The predicted octanol–water partition coefficient (Wildman–Crippen LogP) is 4.90. The Labute approximate surface area is 280 Å². The molecule has 0 amide bonds. The van der Waals surface area contributed by atoms with Gasteiger partial charge in [0.15, 0.2) is 11.6 Å². The summed E-state index contributed by atoms with van der Waals surface area (Å²) in [5.74, 6) is 0.843. The molecule has 2 fully saturated rings. The Balaban J connectivity index is 0.000000295. The molecular formula is C38H59IN2O2. The molecular weight excluding hydrogens is 643 g/mol. The van der Waals surface area contributed by atoms with Crippen LogP contribution < -0.4 is 24.0 Å². The van der Waals surface area contributed by atoms with Crippen LogP contribution >= 0.6 is 0 Å². The Morgan fingerprint density at radius 3 is 1.53 bits per heavy atom. The normalized spacial score (nSPS) is 18.0. The zero-order valence-corrected chi connectivity index (χ0v) is 30.5. The standard InChI is InChI=1S/C20H32NO.C18H27NO.HI/c1-5-19(21(6-2)13-8-7-9-14-21)20(22)15-18-16(3)11-10-12-17(18)4;1-4-17(19-11-6-5-7-12-19)18(20)13-16-14(2)9-8-10-15(16)3;/h10-12,19H,5-9,13-15H2,1-4H3;8-10,17H,4-7,11-13H2,1-3H3;1H/q+1;;/p-1. The molecule has 2 aliphatic rings. The topological polar surface area (TPSA) is 37.4 Å². The number of benzene rings is 2. The van der Waals surface area contributed by atoms with E-state index in [2.05, 4.69) is 89.8 Å². The van der Waals surface area contributed by atoms with Crippen molar-refractivity contribution in [2.24, 2.45) is 0 Å². The maximum absolute atomic E-state index is 13.1. The molecule has 4 rings (SSSR count). The molecule has 43 heavy (non-hydrogen) atoms. The van der Waals surface area contributed by atoms with E-state index in [1.807, 2.05) is 0 Å². The van der Waals surface area contributed by atoms with Crippen LogP contribution in [-0.2, 0) is 22.4 Å². The van der Waals surface area contributed by atoms with Crippen molar-refractivity contribution in [2.45, 2.75) is 125 Å². The first kappa shape index (κ1) is 37.6. The van der Waals surface area contributed by atoms with Crippen LogP contribution in [0, 0.1) is 27.7 Å². The molecule has 0 N–H and O–H groups in total. The number of nitrogens with zero attached hydrogens (tertiary/aromatic N) is 2. The summed E-state index contributed by atoms with van der Waals surface area (Å²) >= 11 is 0. The number of hydrogen-bond donors (Lipinski definition) is 0. The highest BCUT2D eigenvalue weighted by Gasteiger charge is 2.40. The first-order valence-corrected chi connectivity index (χ1v) is 16.9. The minimum atomic E-state index is 0. The molecule has 0 saturated carbocycles. The second-order valence-electron chi connectivity index (χ2n) is 13.0. The maximum atomic E-state index is 13.1. The van der Waals surface area contributed by atoms with E-state index in [9.17, 15) is 9.59 Å². The van der Waals surface area contributed by atoms with Crippen molar-refractivity contribution < 1.29 is 38.0 Å². The van der Waals surface area contributed by atoms with Gasteiger partial charge in [-0.25, -0.2) is 0 Å². The Morgan fingerprint density at radius 1 is 0.674 bits per heavy atom. The second-order valence-corrected chi connectivity index (χ2v) is 13.0. The van der Waals surface area contributed by atoms with Crippen LogP contribution in [0.15, 0.2) is 36.4 Å². The van der Waals surface area contributed by atoms with Crippen LogP contribution in [0.3, 0.4) is 0 Å². The van der Waals surface area contributed by atoms with Crippen LogP contribution in [0.2, 0.25) is 0 Å².